The smallest absolute Gasteiger partial charge is 0.318 e. The fourth-order valence-electron chi connectivity index (χ4n) is 0.856. The number of hydrogen-bond acceptors (Lipinski definition) is 4. The standard InChI is InChI=1S/C9H19N3O3/c1-5(2)7(13)4-11-6(3)8(14)12-9(10)15/h5-7,11,13H,4H2,1-3H3,(H3,10,12,14,15). The van der Waals surface area contributed by atoms with E-state index in [1.54, 1.807) is 6.92 Å². The molecule has 0 saturated heterocycles. The van der Waals surface area contributed by atoms with Crippen LogP contribution in [0.4, 0.5) is 4.79 Å². The average Bonchev–Trinajstić information content (AvgIpc) is 2.12. The molecule has 0 aromatic rings. The minimum atomic E-state index is -0.877. The summed E-state index contributed by atoms with van der Waals surface area (Å²) in [7, 11) is 0. The van der Waals surface area contributed by atoms with E-state index in [2.05, 4.69) is 5.32 Å². The molecule has 0 aliphatic carbocycles. The molecule has 0 fully saturated rings. The minimum Gasteiger partial charge on any atom is -0.392 e. The normalized spacial score (nSPS) is 14.7. The van der Waals surface area contributed by atoms with Crippen molar-refractivity contribution in [3.05, 3.63) is 0 Å². The van der Waals surface area contributed by atoms with E-state index >= 15 is 0 Å². The van der Waals surface area contributed by atoms with E-state index in [9.17, 15) is 14.7 Å². The molecule has 3 amide bonds. The zero-order valence-electron chi connectivity index (χ0n) is 9.28. The Hall–Kier alpha value is -1.14. The van der Waals surface area contributed by atoms with Crippen molar-refractivity contribution in [3.63, 3.8) is 0 Å². The maximum absolute atomic E-state index is 11.2. The SMILES string of the molecule is CC(NCC(O)C(C)C)C(=O)NC(N)=O. The van der Waals surface area contributed by atoms with Gasteiger partial charge in [-0.2, -0.15) is 0 Å². The number of urea groups is 1. The number of nitrogens with two attached hydrogens (primary N) is 1. The van der Waals surface area contributed by atoms with Crippen LogP contribution in [0, 0.1) is 5.92 Å². The third-order valence-corrected chi connectivity index (χ3v) is 2.04. The molecule has 15 heavy (non-hydrogen) atoms. The molecule has 0 rings (SSSR count). The fraction of sp³-hybridized carbons (Fsp3) is 0.778. The van der Waals surface area contributed by atoms with Crippen molar-refractivity contribution in [2.75, 3.05) is 6.54 Å². The lowest BCUT2D eigenvalue weighted by molar-refractivity contribution is -0.121. The van der Waals surface area contributed by atoms with E-state index in [0.29, 0.717) is 6.54 Å². The number of carbonyl (C=O) groups excluding carboxylic acids is 2. The Bertz CT molecular complexity index is 231. The van der Waals surface area contributed by atoms with Gasteiger partial charge in [-0.05, 0) is 12.8 Å². The zero-order chi connectivity index (χ0) is 12.0. The number of hydrogen-bond donors (Lipinski definition) is 4. The number of imide groups is 1. The van der Waals surface area contributed by atoms with E-state index in [0.717, 1.165) is 0 Å². The molecular weight excluding hydrogens is 198 g/mol. The molecule has 6 heteroatoms. The molecule has 5 N–H and O–H groups in total. The Kier molecular flexibility index (Phi) is 5.88. The Balaban J connectivity index is 3.87. The molecule has 0 saturated carbocycles. The number of rotatable bonds is 5. The molecule has 0 aromatic heterocycles. The molecule has 6 nitrogen and oxygen atoms in total. The highest BCUT2D eigenvalue weighted by atomic mass is 16.3. The maximum atomic E-state index is 11.2. The van der Waals surface area contributed by atoms with Crippen LogP contribution in [-0.2, 0) is 4.79 Å². The van der Waals surface area contributed by atoms with Crippen molar-refractivity contribution in [1.29, 1.82) is 0 Å². The van der Waals surface area contributed by atoms with E-state index in [-0.39, 0.29) is 5.92 Å². The van der Waals surface area contributed by atoms with Gasteiger partial charge in [-0.15, -0.1) is 0 Å². The number of primary amides is 1. The first-order chi connectivity index (χ1) is 6.84. The van der Waals surface area contributed by atoms with Gasteiger partial charge in [-0.25, -0.2) is 4.79 Å². The molecule has 88 valence electrons. The highest BCUT2D eigenvalue weighted by molar-refractivity contribution is 5.96. The monoisotopic (exact) mass is 217 g/mol. The summed E-state index contributed by atoms with van der Waals surface area (Å²) >= 11 is 0. The van der Waals surface area contributed by atoms with E-state index in [4.69, 9.17) is 5.73 Å². The predicted octanol–water partition coefficient (Wildman–Crippen LogP) is -0.824. The lowest BCUT2D eigenvalue weighted by Gasteiger charge is -2.18. The lowest BCUT2D eigenvalue weighted by Crippen LogP contribution is -2.48. The molecule has 0 spiro atoms. The lowest BCUT2D eigenvalue weighted by atomic mass is 10.1. The summed E-state index contributed by atoms with van der Waals surface area (Å²) in [5.74, 6) is -0.387. The molecule has 0 radical (unpaired) electrons. The van der Waals surface area contributed by atoms with E-state index in [1.165, 1.54) is 0 Å². The summed E-state index contributed by atoms with van der Waals surface area (Å²) in [6.07, 6.45) is -0.520. The van der Waals surface area contributed by atoms with Crippen LogP contribution in [0.1, 0.15) is 20.8 Å². The van der Waals surface area contributed by atoms with E-state index in [1.807, 2.05) is 19.2 Å². The van der Waals surface area contributed by atoms with Crippen LogP contribution in [0.15, 0.2) is 0 Å². The van der Waals surface area contributed by atoms with Crippen LogP contribution in [-0.4, -0.2) is 35.7 Å². The third kappa shape index (κ3) is 6.03. The van der Waals surface area contributed by atoms with Gasteiger partial charge in [0.05, 0.1) is 12.1 Å². The number of nitrogens with one attached hydrogen (secondary N) is 2. The molecule has 2 atom stereocenters. The van der Waals surface area contributed by atoms with Crippen LogP contribution < -0.4 is 16.4 Å². The first kappa shape index (κ1) is 13.9. The van der Waals surface area contributed by atoms with Gasteiger partial charge in [0.2, 0.25) is 5.91 Å². The Morgan fingerprint density at radius 1 is 1.33 bits per heavy atom. The first-order valence-corrected chi connectivity index (χ1v) is 4.86. The van der Waals surface area contributed by atoms with Crippen molar-refractivity contribution >= 4 is 11.9 Å². The van der Waals surface area contributed by atoms with Crippen molar-refractivity contribution < 1.29 is 14.7 Å². The molecule has 0 aromatic carbocycles. The van der Waals surface area contributed by atoms with Gasteiger partial charge in [0.1, 0.15) is 0 Å². The summed E-state index contributed by atoms with van der Waals surface area (Å²) in [4.78, 5) is 21.6. The molecule has 0 heterocycles. The molecule has 0 aliphatic heterocycles. The predicted molar refractivity (Wildman–Crippen MR) is 56.0 cm³/mol. The molecule has 2 unspecified atom stereocenters. The molecule has 0 bridgehead atoms. The van der Waals surface area contributed by atoms with Gasteiger partial charge in [0, 0.05) is 6.54 Å². The zero-order valence-corrected chi connectivity index (χ0v) is 9.28. The first-order valence-electron chi connectivity index (χ1n) is 4.86. The van der Waals surface area contributed by atoms with Gasteiger partial charge in [0.25, 0.3) is 0 Å². The number of aliphatic hydroxyl groups is 1. The molecule has 0 aliphatic rings. The Morgan fingerprint density at radius 3 is 2.27 bits per heavy atom. The van der Waals surface area contributed by atoms with Crippen LogP contribution in [0.25, 0.3) is 0 Å². The third-order valence-electron chi connectivity index (χ3n) is 2.04. The van der Waals surface area contributed by atoms with Gasteiger partial charge < -0.3 is 16.2 Å². The topological polar surface area (TPSA) is 104 Å². The second-order valence-electron chi connectivity index (χ2n) is 3.79. The minimum absolute atomic E-state index is 0.115. The van der Waals surface area contributed by atoms with E-state index < -0.39 is 24.1 Å². The second kappa shape index (κ2) is 6.36. The molecular formula is C9H19N3O3. The number of amides is 3. The summed E-state index contributed by atoms with van der Waals surface area (Å²) in [5, 5.41) is 14.2. The highest BCUT2D eigenvalue weighted by Gasteiger charge is 2.16. The fourth-order valence-corrected chi connectivity index (χ4v) is 0.856. The van der Waals surface area contributed by atoms with Crippen LogP contribution in [0.5, 0.6) is 0 Å². The van der Waals surface area contributed by atoms with Crippen LogP contribution >= 0.6 is 0 Å². The Morgan fingerprint density at radius 2 is 1.87 bits per heavy atom. The average molecular weight is 217 g/mol. The highest BCUT2D eigenvalue weighted by Crippen LogP contribution is 1.99. The van der Waals surface area contributed by atoms with Crippen LogP contribution in [0.3, 0.4) is 0 Å². The second-order valence-corrected chi connectivity index (χ2v) is 3.79. The van der Waals surface area contributed by atoms with Crippen LogP contribution in [0.2, 0.25) is 0 Å². The van der Waals surface area contributed by atoms with Crippen molar-refractivity contribution in [2.45, 2.75) is 32.9 Å². The van der Waals surface area contributed by atoms with Gasteiger partial charge in [-0.3, -0.25) is 10.1 Å². The van der Waals surface area contributed by atoms with Crippen molar-refractivity contribution in [2.24, 2.45) is 11.7 Å². The van der Waals surface area contributed by atoms with Crippen molar-refractivity contribution in [3.8, 4) is 0 Å². The quantitative estimate of drug-likeness (QED) is 0.482. The summed E-state index contributed by atoms with van der Waals surface area (Å²) in [5.41, 5.74) is 4.79. The number of aliphatic hydroxyl groups excluding tert-OH is 1. The Labute approximate surface area is 89.2 Å². The largest absolute Gasteiger partial charge is 0.392 e. The van der Waals surface area contributed by atoms with Gasteiger partial charge >= 0.3 is 6.03 Å². The summed E-state index contributed by atoms with van der Waals surface area (Å²) in [6, 6.07) is -1.44. The number of carbonyl (C=O) groups is 2. The maximum Gasteiger partial charge on any atom is 0.318 e. The van der Waals surface area contributed by atoms with Gasteiger partial charge in [-0.1, -0.05) is 13.8 Å². The van der Waals surface area contributed by atoms with Crippen molar-refractivity contribution in [1.82, 2.24) is 10.6 Å². The summed E-state index contributed by atoms with van der Waals surface area (Å²) < 4.78 is 0. The van der Waals surface area contributed by atoms with Gasteiger partial charge in [0.15, 0.2) is 0 Å². The summed E-state index contributed by atoms with van der Waals surface area (Å²) in [6.45, 7) is 5.64.